The fourth-order valence-corrected chi connectivity index (χ4v) is 1.96. The van der Waals surface area contributed by atoms with E-state index in [4.69, 9.17) is 4.74 Å². The third-order valence-electron chi connectivity index (χ3n) is 3.13. The number of benzene rings is 1. The van der Waals surface area contributed by atoms with Crippen molar-refractivity contribution in [3.63, 3.8) is 0 Å². The van der Waals surface area contributed by atoms with E-state index < -0.39 is 0 Å². The van der Waals surface area contributed by atoms with E-state index in [0.717, 1.165) is 18.9 Å². The maximum atomic E-state index is 5.71. The van der Waals surface area contributed by atoms with Gasteiger partial charge in [-0.2, -0.15) is 0 Å². The summed E-state index contributed by atoms with van der Waals surface area (Å²) >= 11 is 0. The van der Waals surface area contributed by atoms with Gasteiger partial charge in [-0.05, 0) is 37.0 Å². The molecule has 0 saturated carbocycles. The van der Waals surface area contributed by atoms with Gasteiger partial charge in [0.1, 0.15) is 12.4 Å². The van der Waals surface area contributed by atoms with Gasteiger partial charge in [-0.1, -0.05) is 39.3 Å². The Balaban J connectivity index is 2.23. The van der Waals surface area contributed by atoms with Crippen LogP contribution in [0.5, 0.6) is 5.75 Å². The van der Waals surface area contributed by atoms with Gasteiger partial charge in [0.25, 0.3) is 0 Å². The number of hydrogen-bond acceptors (Lipinski definition) is 2. The van der Waals surface area contributed by atoms with Gasteiger partial charge in [0.2, 0.25) is 0 Å². The molecule has 1 aromatic rings. The molecule has 2 heteroatoms. The second kappa shape index (κ2) is 8.15. The highest BCUT2D eigenvalue weighted by molar-refractivity contribution is 5.28. The summed E-state index contributed by atoms with van der Waals surface area (Å²) in [4.78, 5) is 0. The largest absolute Gasteiger partial charge is 0.492 e. The minimum atomic E-state index is 0.579. The van der Waals surface area contributed by atoms with Crippen molar-refractivity contribution >= 4 is 0 Å². The maximum Gasteiger partial charge on any atom is 0.119 e. The molecule has 0 spiro atoms. The Kier molecular flexibility index (Phi) is 6.81. The third kappa shape index (κ3) is 5.54. The monoisotopic (exact) mass is 249 g/mol. The van der Waals surface area contributed by atoms with Crippen molar-refractivity contribution in [1.29, 1.82) is 0 Å². The Morgan fingerprint density at radius 2 is 1.78 bits per heavy atom. The number of nitrogens with one attached hydrogen (secondary N) is 1. The Morgan fingerprint density at radius 1 is 1.11 bits per heavy atom. The lowest BCUT2D eigenvalue weighted by molar-refractivity contribution is 0.305. The van der Waals surface area contributed by atoms with Gasteiger partial charge in [-0.25, -0.2) is 0 Å². The Bertz CT molecular complexity index is 318. The third-order valence-corrected chi connectivity index (χ3v) is 3.13. The van der Waals surface area contributed by atoms with Gasteiger partial charge in [0.05, 0.1) is 0 Å². The minimum Gasteiger partial charge on any atom is -0.492 e. The number of rotatable bonds is 8. The Morgan fingerprint density at radius 3 is 2.33 bits per heavy atom. The average molecular weight is 249 g/mol. The predicted octanol–water partition coefficient (Wildman–Crippen LogP) is 3.97. The molecule has 102 valence electrons. The van der Waals surface area contributed by atoms with E-state index in [9.17, 15) is 0 Å². The molecule has 1 atom stereocenters. The van der Waals surface area contributed by atoms with E-state index in [-0.39, 0.29) is 0 Å². The van der Waals surface area contributed by atoms with Crippen LogP contribution in [0, 0.1) is 0 Å². The van der Waals surface area contributed by atoms with Crippen LogP contribution in [0.15, 0.2) is 24.3 Å². The van der Waals surface area contributed by atoms with Gasteiger partial charge in [-0.3, -0.25) is 0 Å². The van der Waals surface area contributed by atoms with Gasteiger partial charge in [-0.15, -0.1) is 0 Å². The van der Waals surface area contributed by atoms with Crippen LogP contribution in [0.1, 0.15) is 52.0 Å². The van der Waals surface area contributed by atoms with Crippen molar-refractivity contribution < 1.29 is 4.74 Å². The van der Waals surface area contributed by atoms with Crippen LogP contribution in [0.3, 0.4) is 0 Å². The van der Waals surface area contributed by atoms with Crippen LogP contribution in [0.4, 0.5) is 0 Å². The number of ether oxygens (including phenoxy) is 1. The van der Waals surface area contributed by atoms with Crippen LogP contribution in [-0.4, -0.2) is 19.2 Å². The van der Waals surface area contributed by atoms with Crippen molar-refractivity contribution in [2.24, 2.45) is 0 Å². The molecule has 0 amide bonds. The molecular weight excluding hydrogens is 222 g/mol. The molecule has 0 fully saturated rings. The van der Waals surface area contributed by atoms with Crippen molar-refractivity contribution in [1.82, 2.24) is 5.32 Å². The second-order valence-corrected chi connectivity index (χ2v) is 5.22. The van der Waals surface area contributed by atoms with Crippen molar-refractivity contribution in [2.45, 2.75) is 52.5 Å². The van der Waals surface area contributed by atoms with Crippen LogP contribution < -0.4 is 10.1 Å². The zero-order valence-corrected chi connectivity index (χ0v) is 12.2. The first-order valence-corrected chi connectivity index (χ1v) is 7.09. The molecule has 1 unspecified atom stereocenters. The molecule has 18 heavy (non-hydrogen) atoms. The fraction of sp³-hybridized carbons (Fsp3) is 0.625. The highest BCUT2D eigenvalue weighted by Gasteiger charge is 2.01. The molecule has 0 saturated heterocycles. The van der Waals surface area contributed by atoms with Gasteiger partial charge < -0.3 is 10.1 Å². The molecule has 0 radical (unpaired) electrons. The highest BCUT2D eigenvalue weighted by Crippen LogP contribution is 2.18. The quantitative estimate of drug-likeness (QED) is 0.704. The van der Waals surface area contributed by atoms with E-state index in [1.165, 1.54) is 18.4 Å². The van der Waals surface area contributed by atoms with E-state index in [1.54, 1.807) is 0 Å². The average Bonchev–Trinajstić information content (AvgIpc) is 2.35. The summed E-state index contributed by atoms with van der Waals surface area (Å²) < 4.78 is 5.71. The summed E-state index contributed by atoms with van der Waals surface area (Å²) in [6.07, 6.45) is 2.45. The van der Waals surface area contributed by atoms with E-state index in [2.05, 4.69) is 57.3 Å². The summed E-state index contributed by atoms with van der Waals surface area (Å²) in [5, 5.41) is 3.46. The summed E-state index contributed by atoms with van der Waals surface area (Å²) in [6.45, 7) is 10.5. The topological polar surface area (TPSA) is 21.3 Å². The molecule has 1 aromatic carbocycles. The molecule has 1 N–H and O–H groups in total. The van der Waals surface area contributed by atoms with E-state index in [1.807, 2.05) is 0 Å². The van der Waals surface area contributed by atoms with Crippen LogP contribution in [0.2, 0.25) is 0 Å². The lowest BCUT2D eigenvalue weighted by atomic mass is 10.0. The summed E-state index contributed by atoms with van der Waals surface area (Å²) in [5.74, 6) is 1.54. The molecule has 1 rings (SSSR count). The maximum absolute atomic E-state index is 5.71. The normalized spacial score (nSPS) is 12.7. The standard InChI is InChI=1S/C16H27NO/c1-5-6-14(4)17-11-12-18-16-9-7-15(8-10-16)13(2)3/h7-10,13-14,17H,5-6,11-12H2,1-4H3. The highest BCUT2D eigenvalue weighted by atomic mass is 16.5. The Hall–Kier alpha value is -1.02. The first kappa shape index (κ1) is 15.0. The van der Waals surface area contributed by atoms with Crippen molar-refractivity contribution in [3.8, 4) is 5.75 Å². The molecular formula is C16H27NO. The van der Waals surface area contributed by atoms with Crippen LogP contribution >= 0.6 is 0 Å². The fourth-order valence-electron chi connectivity index (χ4n) is 1.96. The first-order valence-electron chi connectivity index (χ1n) is 7.09. The Labute approximate surface area is 112 Å². The van der Waals surface area contributed by atoms with E-state index >= 15 is 0 Å². The van der Waals surface area contributed by atoms with Crippen LogP contribution in [-0.2, 0) is 0 Å². The predicted molar refractivity (Wildman–Crippen MR) is 78.4 cm³/mol. The summed E-state index contributed by atoms with van der Waals surface area (Å²) in [6, 6.07) is 9.00. The van der Waals surface area contributed by atoms with Crippen LogP contribution in [0.25, 0.3) is 0 Å². The second-order valence-electron chi connectivity index (χ2n) is 5.22. The molecule has 0 aromatic heterocycles. The molecule has 0 heterocycles. The van der Waals surface area contributed by atoms with Gasteiger partial charge >= 0.3 is 0 Å². The molecule has 0 aliphatic heterocycles. The molecule has 2 nitrogen and oxygen atoms in total. The summed E-state index contributed by atoms with van der Waals surface area (Å²) in [5.41, 5.74) is 1.36. The molecule has 0 aliphatic carbocycles. The van der Waals surface area contributed by atoms with E-state index in [0.29, 0.717) is 12.0 Å². The SMILES string of the molecule is CCCC(C)NCCOc1ccc(C(C)C)cc1. The lowest BCUT2D eigenvalue weighted by Gasteiger charge is -2.13. The minimum absolute atomic E-state index is 0.579. The zero-order valence-electron chi connectivity index (χ0n) is 12.2. The summed E-state index contributed by atoms with van der Waals surface area (Å²) in [7, 11) is 0. The van der Waals surface area contributed by atoms with Gasteiger partial charge in [0, 0.05) is 12.6 Å². The molecule has 0 bridgehead atoms. The van der Waals surface area contributed by atoms with Crippen molar-refractivity contribution in [3.05, 3.63) is 29.8 Å². The lowest BCUT2D eigenvalue weighted by Crippen LogP contribution is -2.29. The smallest absolute Gasteiger partial charge is 0.119 e. The molecule has 0 aliphatic rings. The number of hydrogen-bond donors (Lipinski definition) is 1. The van der Waals surface area contributed by atoms with Gasteiger partial charge in [0.15, 0.2) is 0 Å². The zero-order chi connectivity index (χ0) is 13.4. The van der Waals surface area contributed by atoms with Crippen molar-refractivity contribution in [2.75, 3.05) is 13.2 Å². The first-order chi connectivity index (χ1) is 8.63.